The predicted octanol–water partition coefficient (Wildman–Crippen LogP) is 3.08. The smallest absolute Gasteiger partial charge is 0.156 e. The normalized spacial score (nSPS) is 25.2. The molecule has 0 aromatic heterocycles. The number of rotatable bonds is 3. The van der Waals surface area contributed by atoms with Crippen LogP contribution in [0.25, 0.3) is 0 Å². The second-order valence-electron chi connectivity index (χ2n) is 5.37. The highest BCUT2D eigenvalue weighted by molar-refractivity contribution is 5.92. The molecule has 2 nitrogen and oxygen atoms in total. The van der Waals surface area contributed by atoms with Crippen LogP contribution in [0.2, 0.25) is 0 Å². The van der Waals surface area contributed by atoms with Crippen molar-refractivity contribution in [1.82, 2.24) is 0 Å². The second-order valence-corrected chi connectivity index (χ2v) is 5.37. The Balaban J connectivity index is 2.89. The first-order chi connectivity index (χ1) is 7.36. The molecule has 0 aliphatic heterocycles. The fourth-order valence-corrected chi connectivity index (χ4v) is 2.45. The summed E-state index contributed by atoms with van der Waals surface area (Å²) < 4.78 is 0. The van der Waals surface area contributed by atoms with Gasteiger partial charge in [-0.3, -0.25) is 9.59 Å². The Bertz CT molecular complexity index is 359. The van der Waals surface area contributed by atoms with E-state index in [1.165, 1.54) is 0 Å². The number of carbonyl (C=O) groups is 2. The fraction of sp³-hybridized carbons (Fsp3) is 0.571. The monoisotopic (exact) mass is 220 g/mol. The molecule has 1 aliphatic carbocycles. The van der Waals surface area contributed by atoms with Crippen molar-refractivity contribution in [3.63, 3.8) is 0 Å². The van der Waals surface area contributed by atoms with Crippen molar-refractivity contribution < 1.29 is 9.59 Å². The summed E-state index contributed by atoms with van der Waals surface area (Å²) in [7, 11) is 0. The van der Waals surface area contributed by atoms with Crippen LogP contribution in [0.1, 0.15) is 40.5 Å². The van der Waals surface area contributed by atoms with Crippen LogP contribution in [0.15, 0.2) is 23.3 Å². The van der Waals surface area contributed by atoms with Gasteiger partial charge < -0.3 is 0 Å². The minimum Gasteiger partial charge on any atom is -0.298 e. The second kappa shape index (κ2) is 4.77. The number of hydrogen-bond acceptors (Lipinski definition) is 2. The molecule has 1 unspecified atom stereocenters. The summed E-state index contributed by atoms with van der Waals surface area (Å²) in [6, 6.07) is 0. The van der Waals surface area contributed by atoms with Gasteiger partial charge in [0.15, 0.2) is 5.78 Å². The molecule has 1 rings (SSSR count). The van der Waals surface area contributed by atoms with Crippen LogP contribution in [0.5, 0.6) is 0 Å². The zero-order chi connectivity index (χ0) is 12.3. The molecule has 0 heterocycles. The number of ketones is 1. The molecule has 88 valence electrons. The van der Waals surface area contributed by atoms with Gasteiger partial charge in [-0.15, -0.1) is 0 Å². The summed E-state index contributed by atoms with van der Waals surface area (Å²) in [6.07, 6.45) is 6.03. The maximum absolute atomic E-state index is 11.5. The van der Waals surface area contributed by atoms with Crippen LogP contribution in [0.4, 0.5) is 0 Å². The SMILES string of the molecule is CC(C=O)=CCC1C(C)=CC(=O)CC1(C)C. The zero-order valence-electron chi connectivity index (χ0n) is 10.5. The molecule has 0 aromatic rings. The van der Waals surface area contributed by atoms with Crippen LogP contribution in [-0.4, -0.2) is 12.1 Å². The van der Waals surface area contributed by atoms with E-state index >= 15 is 0 Å². The molecule has 1 atom stereocenters. The van der Waals surface area contributed by atoms with E-state index in [0.29, 0.717) is 12.3 Å². The van der Waals surface area contributed by atoms with Crippen molar-refractivity contribution in [2.75, 3.05) is 0 Å². The third-order valence-corrected chi connectivity index (χ3v) is 3.37. The van der Waals surface area contributed by atoms with E-state index in [0.717, 1.165) is 23.9 Å². The van der Waals surface area contributed by atoms with Crippen molar-refractivity contribution in [2.45, 2.75) is 40.5 Å². The van der Waals surface area contributed by atoms with Gasteiger partial charge in [-0.1, -0.05) is 25.5 Å². The highest BCUT2D eigenvalue weighted by atomic mass is 16.1. The van der Waals surface area contributed by atoms with Gasteiger partial charge in [0.05, 0.1) is 0 Å². The number of hydrogen-bond donors (Lipinski definition) is 0. The first-order valence-corrected chi connectivity index (χ1v) is 5.70. The van der Waals surface area contributed by atoms with Crippen LogP contribution < -0.4 is 0 Å². The lowest BCUT2D eigenvalue weighted by molar-refractivity contribution is -0.117. The molecular formula is C14H20O2. The van der Waals surface area contributed by atoms with E-state index in [1.54, 1.807) is 6.08 Å². The summed E-state index contributed by atoms with van der Waals surface area (Å²) >= 11 is 0. The third kappa shape index (κ3) is 2.91. The lowest BCUT2D eigenvalue weighted by Gasteiger charge is -2.37. The zero-order valence-corrected chi connectivity index (χ0v) is 10.5. The highest BCUT2D eigenvalue weighted by Gasteiger charge is 2.35. The molecule has 0 fully saturated rings. The summed E-state index contributed by atoms with van der Waals surface area (Å²) in [6.45, 7) is 8.06. The molecule has 0 N–H and O–H groups in total. The first-order valence-electron chi connectivity index (χ1n) is 5.70. The predicted molar refractivity (Wildman–Crippen MR) is 65.1 cm³/mol. The molecule has 16 heavy (non-hydrogen) atoms. The highest BCUT2D eigenvalue weighted by Crippen LogP contribution is 2.41. The van der Waals surface area contributed by atoms with E-state index in [2.05, 4.69) is 13.8 Å². The lowest BCUT2D eigenvalue weighted by Crippen LogP contribution is -2.31. The molecular weight excluding hydrogens is 200 g/mol. The van der Waals surface area contributed by atoms with E-state index in [9.17, 15) is 9.59 Å². The average Bonchev–Trinajstić information content (AvgIpc) is 2.14. The molecule has 0 radical (unpaired) electrons. The topological polar surface area (TPSA) is 34.1 Å². The lowest BCUT2D eigenvalue weighted by atomic mass is 9.67. The Kier molecular flexibility index (Phi) is 3.84. The molecule has 2 heteroatoms. The molecule has 0 amide bonds. The Hall–Kier alpha value is -1.18. The Morgan fingerprint density at radius 3 is 2.69 bits per heavy atom. The molecule has 0 bridgehead atoms. The summed E-state index contributed by atoms with van der Waals surface area (Å²) in [5.41, 5.74) is 1.90. The molecule has 0 spiro atoms. The van der Waals surface area contributed by atoms with Crippen molar-refractivity contribution in [1.29, 1.82) is 0 Å². The van der Waals surface area contributed by atoms with Crippen molar-refractivity contribution >= 4 is 12.1 Å². The molecule has 1 aliphatic rings. The first kappa shape index (κ1) is 12.9. The number of allylic oxidation sites excluding steroid dienone is 4. The van der Waals surface area contributed by atoms with Gasteiger partial charge in [0.2, 0.25) is 0 Å². The van der Waals surface area contributed by atoms with Gasteiger partial charge in [0.1, 0.15) is 6.29 Å². The van der Waals surface area contributed by atoms with Crippen LogP contribution >= 0.6 is 0 Å². The quantitative estimate of drug-likeness (QED) is 0.541. The number of carbonyl (C=O) groups excluding carboxylic acids is 2. The summed E-state index contributed by atoms with van der Waals surface area (Å²) in [5.74, 6) is 0.579. The van der Waals surface area contributed by atoms with Crippen molar-refractivity contribution in [3.05, 3.63) is 23.3 Å². The summed E-state index contributed by atoms with van der Waals surface area (Å²) in [5, 5.41) is 0. The van der Waals surface area contributed by atoms with E-state index in [4.69, 9.17) is 0 Å². The van der Waals surface area contributed by atoms with Gasteiger partial charge in [-0.05, 0) is 43.3 Å². The summed E-state index contributed by atoms with van der Waals surface area (Å²) in [4.78, 5) is 22.0. The third-order valence-electron chi connectivity index (χ3n) is 3.37. The van der Waals surface area contributed by atoms with Crippen LogP contribution in [0, 0.1) is 11.3 Å². The van der Waals surface area contributed by atoms with E-state index in [1.807, 2.05) is 19.9 Å². The molecule has 0 aromatic carbocycles. The minimum absolute atomic E-state index is 0.00438. The van der Waals surface area contributed by atoms with E-state index < -0.39 is 0 Å². The molecule has 0 saturated carbocycles. The maximum Gasteiger partial charge on any atom is 0.156 e. The van der Waals surface area contributed by atoms with Crippen molar-refractivity contribution in [2.24, 2.45) is 11.3 Å². The average molecular weight is 220 g/mol. The van der Waals surface area contributed by atoms with E-state index in [-0.39, 0.29) is 11.2 Å². The Morgan fingerprint density at radius 2 is 2.19 bits per heavy atom. The van der Waals surface area contributed by atoms with Gasteiger partial charge >= 0.3 is 0 Å². The largest absolute Gasteiger partial charge is 0.298 e. The fourth-order valence-electron chi connectivity index (χ4n) is 2.45. The van der Waals surface area contributed by atoms with Crippen molar-refractivity contribution in [3.8, 4) is 0 Å². The van der Waals surface area contributed by atoms with Gasteiger partial charge in [-0.25, -0.2) is 0 Å². The van der Waals surface area contributed by atoms with Gasteiger partial charge in [0, 0.05) is 6.42 Å². The Labute approximate surface area is 97.4 Å². The number of aldehydes is 1. The standard InChI is InChI=1S/C14H20O2/c1-10(9-15)5-6-13-11(2)7-12(16)8-14(13,3)4/h5,7,9,13H,6,8H2,1-4H3. The molecule has 0 saturated heterocycles. The minimum atomic E-state index is -0.00438. The maximum atomic E-state index is 11.5. The van der Waals surface area contributed by atoms with Crippen LogP contribution in [0.3, 0.4) is 0 Å². The van der Waals surface area contributed by atoms with Crippen LogP contribution in [-0.2, 0) is 9.59 Å². The van der Waals surface area contributed by atoms with Gasteiger partial charge in [-0.2, -0.15) is 0 Å². The Morgan fingerprint density at radius 1 is 1.56 bits per heavy atom. The van der Waals surface area contributed by atoms with Gasteiger partial charge in [0.25, 0.3) is 0 Å².